The Bertz CT molecular complexity index is 981. The van der Waals surface area contributed by atoms with E-state index in [1.54, 1.807) is 0 Å². The van der Waals surface area contributed by atoms with Gasteiger partial charge in [-0.05, 0) is 66.6 Å². The molecule has 32 heavy (non-hydrogen) atoms. The number of hydrogen-bond donors (Lipinski definition) is 1. The maximum atomic E-state index is 12.8. The maximum Gasteiger partial charge on any atom is 0.319 e. The molecule has 2 aliphatic rings. The number of amides is 1. The van der Waals surface area contributed by atoms with E-state index in [1.807, 2.05) is 53.6 Å². The number of nitrogens with zero attached hydrogens (tertiary/aromatic N) is 3. The summed E-state index contributed by atoms with van der Waals surface area (Å²) in [5, 5.41) is 9.63. The number of benzene rings is 2. The Balaban J connectivity index is 1.36. The number of fused-ring (bicyclic) bond motifs is 1. The molecule has 0 atom stereocenters. The summed E-state index contributed by atoms with van der Waals surface area (Å²) in [6, 6.07) is 13.5. The van der Waals surface area contributed by atoms with E-state index < -0.39 is 0 Å². The SMILES string of the molecule is COC(=O)CN1CCc2ccc(C(=O)Nc3ccc(/C=N/N4CCCCC4)cc3)cc2C1. The first-order chi connectivity index (χ1) is 15.6. The predicted octanol–water partition coefficient (Wildman–Crippen LogP) is 3.29. The summed E-state index contributed by atoms with van der Waals surface area (Å²) >= 11 is 0. The molecule has 0 saturated carbocycles. The van der Waals surface area contributed by atoms with Gasteiger partial charge in [-0.2, -0.15) is 5.10 Å². The van der Waals surface area contributed by atoms with Crippen LogP contribution >= 0.6 is 0 Å². The number of hydrogen-bond acceptors (Lipinski definition) is 6. The number of methoxy groups -OCH3 is 1. The molecule has 1 saturated heterocycles. The number of anilines is 1. The van der Waals surface area contributed by atoms with Crippen LogP contribution in [0.1, 0.15) is 46.3 Å². The predicted molar refractivity (Wildman–Crippen MR) is 125 cm³/mol. The molecule has 1 N–H and O–H groups in total. The van der Waals surface area contributed by atoms with Crippen LogP contribution in [-0.2, 0) is 22.5 Å². The first-order valence-electron chi connectivity index (χ1n) is 11.2. The second-order valence-electron chi connectivity index (χ2n) is 8.36. The molecule has 0 bridgehead atoms. The molecular weight excluding hydrogens is 404 g/mol. The number of carbonyl (C=O) groups excluding carboxylic acids is 2. The van der Waals surface area contributed by atoms with E-state index in [2.05, 4.69) is 15.4 Å². The molecule has 7 nitrogen and oxygen atoms in total. The average Bonchev–Trinajstić information content (AvgIpc) is 2.83. The summed E-state index contributed by atoms with van der Waals surface area (Å²) in [7, 11) is 1.40. The Morgan fingerprint density at radius 3 is 2.56 bits per heavy atom. The van der Waals surface area contributed by atoms with Crippen LogP contribution in [0, 0.1) is 0 Å². The van der Waals surface area contributed by atoms with Crippen molar-refractivity contribution in [3.05, 3.63) is 64.7 Å². The molecule has 2 heterocycles. The molecular formula is C25H30N4O3. The smallest absolute Gasteiger partial charge is 0.319 e. The summed E-state index contributed by atoms with van der Waals surface area (Å²) in [6.07, 6.45) is 6.42. The Morgan fingerprint density at radius 2 is 1.81 bits per heavy atom. The van der Waals surface area contributed by atoms with Gasteiger partial charge in [-0.25, -0.2) is 0 Å². The van der Waals surface area contributed by atoms with Crippen molar-refractivity contribution in [2.24, 2.45) is 5.10 Å². The van der Waals surface area contributed by atoms with E-state index in [0.29, 0.717) is 12.1 Å². The lowest BCUT2D eigenvalue weighted by molar-refractivity contribution is -0.142. The Hall–Kier alpha value is -3.19. The topological polar surface area (TPSA) is 74.2 Å². The van der Waals surface area contributed by atoms with Gasteiger partial charge >= 0.3 is 5.97 Å². The number of carbonyl (C=O) groups is 2. The molecule has 1 amide bonds. The third-order valence-corrected chi connectivity index (χ3v) is 6.01. The van der Waals surface area contributed by atoms with Crippen molar-refractivity contribution in [2.45, 2.75) is 32.2 Å². The van der Waals surface area contributed by atoms with Gasteiger partial charge in [0.05, 0.1) is 19.9 Å². The Kier molecular flexibility index (Phi) is 7.17. The molecule has 1 fully saturated rings. The number of piperidine rings is 1. The van der Waals surface area contributed by atoms with Crippen LogP contribution in [0.3, 0.4) is 0 Å². The summed E-state index contributed by atoms with van der Waals surface area (Å²) in [5.41, 5.74) is 4.67. The highest BCUT2D eigenvalue weighted by Crippen LogP contribution is 2.21. The zero-order valence-corrected chi connectivity index (χ0v) is 18.5. The van der Waals surface area contributed by atoms with Crippen molar-refractivity contribution in [1.82, 2.24) is 9.91 Å². The lowest BCUT2D eigenvalue weighted by atomic mass is 9.97. The van der Waals surface area contributed by atoms with Gasteiger partial charge in [-0.1, -0.05) is 18.2 Å². The standard InChI is InChI=1S/C25H30N4O3/c1-32-24(30)18-28-14-11-20-7-8-21(15-22(20)17-28)25(31)27-23-9-5-19(6-10-23)16-26-29-12-3-2-4-13-29/h5-10,15-16H,2-4,11-14,17-18H2,1H3,(H,27,31)/b26-16+. The van der Waals surface area contributed by atoms with Crippen LogP contribution in [0.15, 0.2) is 47.6 Å². The van der Waals surface area contributed by atoms with Gasteiger partial charge in [0.15, 0.2) is 0 Å². The number of hydrazone groups is 1. The highest BCUT2D eigenvalue weighted by atomic mass is 16.5. The highest BCUT2D eigenvalue weighted by molar-refractivity contribution is 6.04. The molecule has 2 aliphatic heterocycles. The van der Waals surface area contributed by atoms with Crippen LogP contribution < -0.4 is 5.32 Å². The quantitative estimate of drug-likeness (QED) is 0.558. The molecule has 0 unspecified atom stereocenters. The Morgan fingerprint density at radius 1 is 1.03 bits per heavy atom. The van der Waals surface area contributed by atoms with Gasteiger partial charge in [0.25, 0.3) is 5.91 Å². The summed E-state index contributed by atoms with van der Waals surface area (Å²) < 4.78 is 4.77. The third kappa shape index (κ3) is 5.73. The van der Waals surface area contributed by atoms with E-state index in [0.717, 1.165) is 42.9 Å². The van der Waals surface area contributed by atoms with E-state index in [4.69, 9.17) is 4.74 Å². The number of rotatable bonds is 6. The molecule has 4 rings (SSSR count). The minimum Gasteiger partial charge on any atom is -0.468 e. The van der Waals surface area contributed by atoms with Crippen LogP contribution in [-0.4, -0.2) is 61.3 Å². The molecule has 168 valence electrons. The minimum atomic E-state index is -0.244. The third-order valence-electron chi connectivity index (χ3n) is 6.01. The number of nitrogens with one attached hydrogen (secondary N) is 1. The zero-order valence-electron chi connectivity index (χ0n) is 18.5. The van der Waals surface area contributed by atoms with Crippen molar-refractivity contribution in [3.63, 3.8) is 0 Å². The van der Waals surface area contributed by atoms with Crippen LogP contribution in [0.4, 0.5) is 5.69 Å². The van der Waals surface area contributed by atoms with Gasteiger partial charge in [0.1, 0.15) is 0 Å². The largest absolute Gasteiger partial charge is 0.468 e. The maximum absolute atomic E-state index is 12.8. The van der Waals surface area contributed by atoms with Crippen molar-refractivity contribution >= 4 is 23.8 Å². The highest BCUT2D eigenvalue weighted by Gasteiger charge is 2.20. The normalized spacial score (nSPS) is 16.6. The molecule has 0 radical (unpaired) electrons. The second kappa shape index (κ2) is 10.4. The Labute approximate surface area is 189 Å². The van der Waals surface area contributed by atoms with Crippen molar-refractivity contribution in [2.75, 3.05) is 38.6 Å². The molecule has 7 heteroatoms. The first kappa shape index (κ1) is 22.0. The van der Waals surface area contributed by atoms with Gasteiger partial charge in [0.2, 0.25) is 0 Å². The van der Waals surface area contributed by atoms with Crippen molar-refractivity contribution < 1.29 is 14.3 Å². The summed E-state index contributed by atoms with van der Waals surface area (Å²) in [5.74, 6) is -0.389. The number of esters is 1. The van der Waals surface area contributed by atoms with E-state index in [-0.39, 0.29) is 18.4 Å². The summed E-state index contributed by atoms with van der Waals surface area (Å²) in [4.78, 5) is 26.4. The van der Waals surface area contributed by atoms with E-state index in [1.165, 1.54) is 31.9 Å². The lowest BCUT2D eigenvalue weighted by Gasteiger charge is -2.28. The van der Waals surface area contributed by atoms with Gasteiger partial charge in [-0.3, -0.25) is 19.5 Å². The zero-order chi connectivity index (χ0) is 22.3. The minimum absolute atomic E-state index is 0.146. The van der Waals surface area contributed by atoms with Crippen LogP contribution in [0.25, 0.3) is 0 Å². The van der Waals surface area contributed by atoms with Crippen molar-refractivity contribution in [1.29, 1.82) is 0 Å². The van der Waals surface area contributed by atoms with Gasteiger partial charge in [0, 0.05) is 37.4 Å². The fourth-order valence-corrected chi connectivity index (χ4v) is 4.14. The molecule has 2 aromatic rings. The fourth-order valence-electron chi connectivity index (χ4n) is 4.14. The van der Waals surface area contributed by atoms with Crippen molar-refractivity contribution in [3.8, 4) is 0 Å². The summed E-state index contributed by atoms with van der Waals surface area (Å²) in [6.45, 7) is 3.75. The van der Waals surface area contributed by atoms with E-state index in [9.17, 15) is 9.59 Å². The number of ether oxygens (including phenoxy) is 1. The van der Waals surface area contributed by atoms with Crippen LogP contribution in [0.2, 0.25) is 0 Å². The van der Waals surface area contributed by atoms with Gasteiger partial charge in [-0.15, -0.1) is 0 Å². The molecule has 0 aromatic heterocycles. The molecule has 2 aromatic carbocycles. The average molecular weight is 435 g/mol. The monoisotopic (exact) mass is 434 g/mol. The second-order valence-corrected chi connectivity index (χ2v) is 8.36. The lowest BCUT2D eigenvalue weighted by Crippen LogP contribution is -2.35. The van der Waals surface area contributed by atoms with Crippen LogP contribution in [0.5, 0.6) is 0 Å². The fraction of sp³-hybridized carbons (Fsp3) is 0.400. The first-order valence-corrected chi connectivity index (χ1v) is 11.2. The van der Waals surface area contributed by atoms with E-state index >= 15 is 0 Å². The molecule has 0 aliphatic carbocycles. The van der Waals surface area contributed by atoms with Gasteiger partial charge < -0.3 is 10.1 Å². The molecule has 0 spiro atoms.